The van der Waals surface area contributed by atoms with Gasteiger partial charge in [0.1, 0.15) is 11.8 Å². The van der Waals surface area contributed by atoms with Crippen LogP contribution in [0.5, 0.6) is 5.75 Å². The van der Waals surface area contributed by atoms with Crippen LogP contribution >= 0.6 is 0 Å². The second-order valence-electron chi connectivity index (χ2n) is 7.25. The number of hydrogen-bond acceptors (Lipinski definition) is 5. The van der Waals surface area contributed by atoms with E-state index in [1.165, 1.54) is 12.1 Å². The predicted molar refractivity (Wildman–Crippen MR) is 116 cm³/mol. The average molecular weight is 419 g/mol. The lowest BCUT2D eigenvalue weighted by atomic mass is 10.0. The number of amides is 1. The topological polar surface area (TPSA) is 112 Å². The van der Waals surface area contributed by atoms with E-state index in [0.717, 1.165) is 11.1 Å². The quantitative estimate of drug-likeness (QED) is 0.401. The minimum atomic E-state index is -1.12. The number of pyridine rings is 1. The first kappa shape index (κ1) is 22.0. The summed E-state index contributed by atoms with van der Waals surface area (Å²) in [5.74, 6) is -1.40. The predicted octanol–water partition coefficient (Wildman–Crippen LogP) is 2.30. The number of phenols is 1. The van der Waals surface area contributed by atoms with Crippen molar-refractivity contribution in [3.05, 3.63) is 95.8 Å². The van der Waals surface area contributed by atoms with E-state index in [2.05, 4.69) is 15.6 Å². The van der Waals surface area contributed by atoms with Crippen molar-refractivity contribution in [1.29, 1.82) is 0 Å². The summed E-state index contributed by atoms with van der Waals surface area (Å²) in [4.78, 5) is 28.8. The van der Waals surface area contributed by atoms with Crippen molar-refractivity contribution in [3.63, 3.8) is 0 Å². The zero-order valence-electron chi connectivity index (χ0n) is 16.9. The second-order valence-corrected chi connectivity index (χ2v) is 7.25. The summed E-state index contributed by atoms with van der Waals surface area (Å²) < 4.78 is 0. The number of hydrogen-bond donors (Lipinski definition) is 4. The van der Waals surface area contributed by atoms with Crippen molar-refractivity contribution < 1.29 is 19.8 Å². The molecule has 160 valence electrons. The Morgan fingerprint density at radius 3 is 2.06 bits per heavy atom. The van der Waals surface area contributed by atoms with E-state index in [1.54, 1.807) is 24.5 Å². The number of benzene rings is 2. The molecule has 3 rings (SSSR count). The van der Waals surface area contributed by atoms with Crippen LogP contribution in [0.2, 0.25) is 0 Å². The maximum absolute atomic E-state index is 13.0. The van der Waals surface area contributed by atoms with Gasteiger partial charge in [0, 0.05) is 25.4 Å². The number of phenolic OH excluding ortho intramolecular Hbond substituents is 1. The van der Waals surface area contributed by atoms with Gasteiger partial charge >= 0.3 is 5.97 Å². The van der Waals surface area contributed by atoms with Gasteiger partial charge in [-0.05, 0) is 47.4 Å². The fourth-order valence-electron chi connectivity index (χ4n) is 3.19. The maximum atomic E-state index is 13.0. The number of rotatable bonds is 10. The summed E-state index contributed by atoms with van der Waals surface area (Å²) >= 11 is 0. The number of nitrogens with one attached hydrogen (secondary N) is 2. The molecule has 0 radical (unpaired) electrons. The molecule has 0 bridgehead atoms. The van der Waals surface area contributed by atoms with E-state index < -0.39 is 18.1 Å². The summed E-state index contributed by atoms with van der Waals surface area (Å²) in [6.45, 7) is 0.448. The molecule has 3 aromatic rings. The summed E-state index contributed by atoms with van der Waals surface area (Å²) in [5, 5.41) is 24.9. The van der Waals surface area contributed by atoms with Gasteiger partial charge in [-0.2, -0.15) is 0 Å². The fourth-order valence-corrected chi connectivity index (χ4v) is 3.19. The Kier molecular flexibility index (Phi) is 7.73. The molecule has 2 atom stereocenters. The Hall–Kier alpha value is -3.71. The molecule has 1 amide bonds. The first-order valence-electron chi connectivity index (χ1n) is 9.98. The third kappa shape index (κ3) is 6.94. The highest BCUT2D eigenvalue weighted by molar-refractivity contribution is 5.87. The highest BCUT2D eigenvalue weighted by Gasteiger charge is 2.25. The fraction of sp³-hybridized carbons (Fsp3) is 0.208. The molecule has 7 heteroatoms. The van der Waals surface area contributed by atoms with Crippen LogP contribution in [0.3, 0.4) is 0 Å². The van der Waals surface area contributed by atoms with Gasteiger partial charge in [-0.3, -0.25) is 9.78 Å². The zero-order chi connectivity index (χ0) is 22.1. The lowest BCUT2D eigenvalue weighted by Gasteiger charge is -2.22. The lowest BCUT2D eigenvalue weighted by molar-refractivity contribution is -0.142. The summed E-state index contributed by atoms with van der Waals surface area (Å²) in [6.07, 6.45) is 3.90. The standard InChI is InChI=1S/C24H25N3O4/c28-20-8-6-18(7-9-20)15-22(24(30)31)27-23(29)21(14-17-4-2-1-3-5-17)26-16-19-10-12-25-13-11-19/h1-13,21-22,26,28H,14-16H2,(H,27,29)(H,30,31)/t21-,22-/m0/s1. The van der Waals surface area contributed by atoms with Crippen molar-refractivity contribution in [2.24, 2.45) is 0 Å². The van der Waals surface area contributed by atoms with Gasteiger partial charge in [-0.15, -0.1) is 0 Å². The first-order valence-corrected chi connectivity index (χ1v) is 9.98. The molecule has 31 heavy (non-hydrogen) atoms. The Morgan fingerprint density at radius 2 is 1.42 bits per heavy atom. The Bertz CT molecular complexity index is 979. The van der Waals surface area contributed by atoms with Crippen LogP contribution in [0, 0.1) is 0 Å². The van der Waals surface area contributed by atoms with Crippen LogP contribution in [-0.4, -0.2) is 39.2 Å². The van der Waals surface area contributed by atoms with E-state index in [4.69, 9.17) is 0 Å². The third-order valence-electron chi connectivity index (χ3n) is 4.89. The van der Waals surface area contributed by atoms with Gasteiger partial charge in [0.25, 0.3) is 0 Å². The molecule has 7 nitrogen and oxygen atoms in total. The molecule has 0 aliphatic rings. The molecule has 1 aromatic heterocycles. The largest absolute Gasteiger partial charge is 0.508 e. The van der Waals surface area contributed by atoms with Gasteiger partial charge in [0.05, 0.1) is 6.04 Å². The van der Waals surface area contributed by atoms with Gasteiger partial charge in [-0.25, -0.2) is 4.79 Å². The Balaban J connectivity index is 1.71. The number of nitrogens with zero attached hydrogens (tertiary/aromatic N) is 1. The molecule has 0 aliphatic heterocycles. The number of carbonyl (C=O) groups is 2. The van der Waals surface area contributed by atoms with Gasteiger partial charge in [0.15, 0.2) is 0 Å². The number of aliphatic carboxylic acids is 1. The number of carbonyl (C=O) groups excluding carboxylic acids is 1. The molecule has 4 N–H and O–H groups in total. The second kappa shape index (κ2) is 10.9. The Labute approximate surface area is 180 Å². The van der Waals surface area contributed by atoms with E-state index in [-0.39, 0.29) is 18.1 Å². The SMILES string of the molecule is O=C(O)[C@H](Cc1ccc(O)cc1)NC(=O)[C@H](Cc1ccccc1)NCc1ccncc1. The summed E-state index contributed by atoms with van der Waals surface area (Å²) in [5.41, 5.74) is 2.64. The van der Waals surface area contributed by atoms with Crippen LogP contribution in [0.1, 0.15) is 16.7 Å². The maximum Gasteiger partial charge on any atom is 0.326 e. The molecule has 0 unspecified atom stereocenters. The van der Waals surface area contributed by atoms with E-state index in [0.29, 0.717) is 18.5 Å². The van der Waals surface area contributed by atoms with E-state index in [9.17, 15) is 19.8 Å². The molecule has 2 aromatic carbocycles. The van der Waals surface area contributed by atoms with Crippen LogP contribution < -0.4 is 10.6 Å². The normalized spacial score (nSPS) is 12.6. The average Bonchev–Trinajstić information content (AvgIpc) is 2.78. The smallest absolute Gasteiger partial charge is 0.326 e. The number of aromatic nitrogens is 1. The molecular weight excluding hydrogens is 394 g/mol. The van der Waals surface area contributed by atoms with Crippen LogP contribution in [0.25, 0.3) is 0 Å². The zero-order valence-corrected chi connectivity index (χ0v) is 16.9. The molecule has 0 aliphatic carbocycles. The first-order chi connectivity index (χ1) is 15.0. The van der Waals surface area contributed by atoms with Gasteiger partial charge < -0.3 is 20.8 Å². The Morgan fingerprint density at radius 1 is 0.806 bits per heavy atom. The van der Waals surface area contributed by atoms with Gasteiger partial charge in [0.2, 0.25) is 5.91 Å². The molecule has 0 saturated heterocycles. The molecule has 0 fully saturated rings. The van der Waals surface area contributed by atoms with Crippen molar-refractivity contribution >= 4 is 11.9 Å². The minimum absolute atomic E-state index is 0.0999. The molecule has 1 heterocycles. The molecule has 0 saturated carbocycles. The minimum Gasteiger partial charge on any atom is -0.508 e. The number of aromatic hydroxyl groups is 1. The van der Waals surface area contributed by atoms with Crippen molar-refractivity contribution in [3.8, 4) is 5.75 Å². The van der Waals surface area contributed by atoms with Crippen molar-refractivity contribution in [2.75, 3.05) is 0 Å². The molecule has 0 spiro atoms. The highest BCUT2D eigenvalue weighted by Crippen LogP contribution is 2.12. The van der Waals surface area contributed by atoms with E-state index >= 15 is 0 Å². The van der Waals surface area contributed by atoms with Crippen molar-refractivity contribution in [1.82, 2.24) is 15.6 Å². The van der Waals surface area contributed by atoms with Crippen LogP contribution in [0.4, 0.5) is 0 Å². The molecular formula is C24H25N3O4. The summed E-state index contributed by atoms with van der Waals surface area (Å²) in [6, 6.07) is 17.8. The number of carboxylic acid groups (broad SMARTS) is 1. The monoisotopic (exact) mass is 419 g/mol. The number of carboxylic acids is 1. The van der Waals surface area contributed by atoms with Crippen LogP contribution in [0.15, 0.2) is 79.1 Å². The lowest BCUT2D eigenvalue weighted by Crippen LogP contribution is -2.51. The van der Waals surface area contributed by atoms with Crippen molar-refractivity contribution in [2.45, 2.75) is 31.5 Å². The summed E-state index contributed by atoms with van der Waals surface area (Å²) in [7, 11) is 0. The van der Waals surface area contributed by atoms with Gasteiger partial charge in [-0.1, -0.05) is 42.5 Å². The highest BCUT2D eigenvalue weighted by atomic mass is 16.4. The van der Waals surface area contributed by atoms with E-state index in [1.807, 2.05) is 42.5 Å². The third-order valence-corrected chi connectivity index (χ3v) is 4.89. The van der Waals surface area contributed by atoms with Crippen LogP contribution in [-0.2, 0) is 29.0 Å².